The van der Waals surface area contributed by atoms with E-state index in [0.717, 1.165) is 0 Å². The van der Waals surface area contributed by atoms with Gasteiger partial charge in [0.2, 0.25) is 0 Å². The van der Waals surface area contributed by atoms with Gasteiger partial charge >= 0.3 is 5.97 Å². The number of rotatable bonds is 1. The van der Waals surface area contributed by atoms with Crippen molar-refractivity contribution in [2.45, 2.75) is 33.3 Å². The maximum atomic E-state index is 11.7. The van der Waals surface area contributed by atoms with Crippen LogP contribution in [0.4, 0.5) is 5.69 Å². The summed E-state index contributed by atoms with van der Waals surface area (Å²) in [4.78, 5) is 15.7. The third-order valence-electron chi connectivity index (χ3n) is 1.84. The summed E-state index contributed by atoms with van der Waals surface area (Å²) < 4.78 is 5.20. The van der Waals surface area contributed by atoms with Crippen LogP contribution in [0.3, 0.4) is 0 Å². The zero-order valence-electron chi connectivity index (χ0n) is 9.50. The molecule has 15 heavy (non-hydrogen) atoms. The number of carbonyl (C=O) groups is 1. The molecule has 0 saturated heterocycles. The van der Waals surface area contributed by atoms with Crippen molar-refractivity contribution in [3.63, 3.8) is 0 Å². The molecule has 0 aromatic carbocycles. The van der Waals surface area contributed by atoms with E-state index in [0.29, 0.717) is 11.3 Å². The number of esters is 1. The summed E-state index contributed by atoms with van der Waals surface area (Å²) in [7, 11) is 0. The van der Waals surface area contributed by atoms with Gasteiger partial charge in [0.25, 0.3) is 0 Å². The molecular formula is C11H16N2O2. The van der Waals surface area contributed by atoms with Crippen LogP contribution in [0, 0.1) is 6.92 Å². The summed E-state index contributed by atoms with van der Waals surface area (Å²) in [5, 5.41) is 0. The molecule has 0 fully saturated rings. The number of anilines is 1. The van der Waals surface area contributed by atoms with Crippen molar-refractivity contribution in [1.29, 1.82) is 0 Å². The maximum Gasteiger partial charge on any atom is 0.357 e. The highest BCUT2D eigenvalue weighted by atomic mass is 16.6. The van der Waals surface area contributed by atoms with Crippen molar-refractivity contribution in [3.8, 4) is 0 Å². The van der Waals surface area contributed by atoms with E-state index in [1.54, 1.807) is 13.0 Å². The summed E-state index contributed by atoms with van der Waals surface area (Å²) >= 11 is 0. The molecule has 0 aliphatic heterocycles. The number of nitrogen functional groups attached to an aromatic ring is 1. The van der Waals surface area contributed by atoms with Crippen LogP contribution in [0.1, 0.15) is 36.8 Å². The zero-order chi connectivity index (χ0) is 11.6. The average Bonchev–Trinajstić information content (AvgIpc) is 2.06. The summed E-state index contributed by atoms with van der Waals surface area (Å²) in [5.41, 5.74) is 6.64. The Morgan fingerprint density at radius 1 is 1.47 bits per heavy atom. The Hall–Kier alpha value is -1.58. The van der Waals surface area contributed by atoms with Crippen molar-refractivity contribution >= 4 is 11.7 Å². The molecule has 0 unspecified atom stereocenters. The molecule has 1 heterocycles. The second-order valence-corrected chi connectivity index (χ2v) is 4.38. The molecule has 4 nitrogen and oxygen atoms in total. The zero-order valence-corrected chi connectivity index (χ0v) is 9.50. The van der Waals surface area contributed by atoms with Gasteiger partial charge in [-0.05, 0) is 33.8 Å². The van der Waals surface area contributed by atoms with Crippen LogP contribution in [-0.4, -0.2) is 16.6 Å². The number of carbonyl (C=O) groups excluding carboxylic acids is 1. The average molecular weight is 208 g/mol. The van der Waals surface area contributed by atoms with E-state index in [4.69, 9.17) is 10.5 Å². The SMILES string of the molecule is Cc1c(N)ccnc1C(=O)OC(C)(C)C. The normalized spacial score (nSPS) is 11.2. The Balaban J connectivity index is 2.97. The lowest BCUT2D eigenvalue weighted by Crippen LogP contribution is -2.25. The van der Waals surface area contributed by atoms with E-state index in [1.807, 2.05) is 20.8 Å². The maximum absolute atomic E-state index is 11.7. The van der Waals surface area contributed by atoms with Gasteiger partial charge in [0.1, 0.15) is 5.60 Å². The highest BCUT2D eigenvalue weighted by molar-refractivity contribution is 5.90. The van der Waals surface area contributed by atoms with Crippen molar-refractivity contribution in [2.24, 2.45) is 0 Å². The van der Waals surface area contributed by atoms with Gasteiger partial charge in [-0.3, -0.25) is 0 Å². The predicted molar refractivity (Wildman–Crippen MR) is 58.6 cm³/mol. The van der Waals surface area contributed by atoms with Crippen molar-refractivity contribution in [3.05, 3.63) is 23.5 Å². The van der Waals surface area contributed by atoms with E-state index >= 15 is 0 Å². The number of pyridine rings is 1. The van der Waals surface area contributed by atoms with Crippen LogP contribution < -0.4 is 5.73 Å². The minimum absolute atomic E-state index is 0.282. The Morgan fingerprint density at radius 2 is 2.07 bits per heavy atom. The topological polar surface area (TPSA) is 65.2 Å². The summed E-state index contributed by atoms with van der Waals surface area (Å²) in [6, 6.07) is 1.66. The molecule has 0 spiro atoms. The molecule has 2 N–H and O–H groups in total. The van der Waals surface area contributed by atoms with E-state index in [9.17, 15) is 4.79 Å². The largest absolute Gasteiger partial charge is 0.455 e. The Labute approximate surface area is 89.5 Å². The lowest BCUT2D eigenvalue weighted by Gasteiger charge is -2.19. The number of hydrogen-bond donors (Lipinski definition) is 1. The molecule has 1 aromatic heterocycles. The van der Waals surface area contributed by atoms with Crippen LogP contribution in [0.25, 0.3) is 0 Å². The van der Waals surface area contributed by atoms with Gasteiger partial charge in [-0.15, -0.1) is 0 Å². The van der Waals surface area contributed by atoms with Gasteiger partial charge < -0.3 is 10.5 Å². The molecule has 0 saturated carbocycles. The highest BCUT2D eigenvalue weighted by Gasteiger charge is 2.20. The van der Waals surface area contributed by atoms with Crippen molar-refractivity contribution in [1.82, 2.24) is 4.98 Å². The van der Waals surface area contributed by atoms with Crippen LogP contribution in [0.5, 0.6) is 0 Å². The minimum Gasteiger partial charge on any atom is -0.455 e. The number of nitrogens with zero attached hydrogens (tertiary/aromatic N) is 1. The Kier molecular flexibility index (Phi) is 2.98. The third-order valence-corrected chi connectivity index (χ3v) is 1.84. The van der Waals surface area contributed by atoms with Crippen molar-refractivity contribution < 1.29 is 9.53 Å². The first-order valence-electron chi connectivity index (χ1n) is 4.75. The molecule has 82 valence electrons. The molecule has 0 aliphatic carbocycles. The molecule has 0 amide bonds. The number of ether oxygens (including phenoxy) is 1. The quantitative estimate of drug-likeness (QED) is 0.716. The summed E-state index contributed by atoms with van der Waals surface area (Å²) in [6.45, 7) is 7.19. The first-order valence-corrected chi connectivity index (χ1v) is 4.75. The molecule has 1 rings (SSSR count). The van der Waals surface area contributed by atoms with Gasteiger partial charge in [0.05, 0.1) is 0 Å². The molecule has 0 aliphatic rings. The number of nitrogens with two attached hydrogens (primary N) is 1. The predicted octanol–water partition coefficient (Wildman–Crippen LogP) is 1.93. The second kappa shape index (κ2) is 3.88. The lowest BCUT2D eigenvalue weighted by atomic mass is 10.1. The lowest BCUT2D eigenvalue weighted by molar-refractivity contribution is 0.00621. The monoisotopic (exact) mass is 208 g/mol. The van der Waals surface area contributed by atoms with Crippen molar-refractivity contribution in [2.75, 3.05) is 5.73 Å². The molecular weight excluding hydrogens is 192 g/mol. The number of hydrogen-bond acceptors (Lipinski definition) is 4. The summed E-state index contributed by atoms with van der Waals surface area (Å²) in [5.74, 6) is -0.438. The molecule has 1 aromatic rings. The molecule has 0 atom stereocenters. The summed E-state index contributed by atoms with van der Waals surface area (Å²) in [6.07, 6.45) is 1.50. The fourth-order valence-electron chi connectivity index (χ4n) is 1.08. The van der Waals surface area contributed by atoms with Crippen LogP contribution in [0.2, 0.25) is 0 Å². The number of aromatic nitrogens is 1. The fourth-order valence-corrected chi connectivity index (χ4v) is 1.08. The molecule has 4 heteroatoms. The van der Waals surface area contributed by atoms with E-state index < -0.39 is 11.6 Å². The fraction of sp³-hybridized carbons (Fsp3) is 0.455. The first-order chi connectivity index (χ1) is 6.81. The highest BCUT2D eigenvalue weighted by Crippen LogP contribution is 2.16. The molecule has 0 radical (unpaired) electrons. The second-order valence-electron chi connectivity index (χ2n) is 4.38. The van der Waals surface area contributed by atoms with Crippen LogP contribution in [-0.2, 0) is 4.74 Å². The van der Waals surface area contributed by atoms with Gasteiger partial charge in [-0.25, -0.2) is 9.78 Å². The standard InChI is InChI=1S/C11H16N2O2/c1-7-8(12)5-6-13-9(7)10(14)15-11(2,3)4/h5-6H,1-4H3,(H2,12,13). The van der Waals surface area contributed by atoms with Gasteiger partial charge in [0, 0.05) is 17.4 Å². The van der Waals surface area contributed by atoms with Gasteiger partial charge in [-0.1, -0.05) is 0 Å². The third kappa shape index (κ3) is 2.94. The molecule has 0 bridgehead atoms. The van der Waals surface area contributed by atoms with Gasteiger partial charge in [-0.2, -0.15) is 0 Å². The van der Waals surface area contributed by atoms with E-state index in [2.05, 4.69) is 4.98 Å². The van der Waals surface area contributed by atoms with Gasteiger partial charge in [0.15, 0.2) is 5.69 Å². The first kappa shape index (κ1) is 11.5. The van der Waals surface area contributed by atoms with Crippen LogP contribution >= 0.6 is 0 Å². The van der Waals surface area contributed by atoms with E-state index in [-0.39, 0.29) is 5.69 Å². The minimum atomic E-state index is -0.518. The van der Waals surface area contributed by atoms with Crippen LogP contribution in [0.15, 0.2) is 12.3 Å². The smallest absolute Gasteiger partial charge is 0.357 e. The Bertz CT molecular complexity index is 381. The Morgan fingerprint density at radius 3 is 2.60 bits per heavy atom. The van der Waals surface area contributed by atoms with E-state index in [1.165, 1.54) is 6.20 Å².